The smallest absolute Gasteiger partial charge is 0.251 e. The fourth-order valence-electron chi connectivity index (χ4n) is 2.41. The molecule has 0 aliphatic rings. The van der Waals surface area contributed by atoms with Crippen LogP contribution in [0.3, 0.4) is 0 Å². The van der Waals surface area contributed by atoms with E-state index in [1.807, 2.05) is 0 Å². The van der Waals surface area contributed by atoms with Crippen molar-refractivity contribution in [2.24, 2.45) is 0 Å². The standard InChI is InChI=1S/C19H25N3O2S/c1-13(2)22(11-17-14(3)9-10-25-17)12-18(23)21-16-7-5-15(6-8-16)19(24)20-4/h5-10,13H,11-12H2,1-4H3,(H,20,24)(H,21,23). The van der Waals surface area contributed by atoms with Crippen LogP contribution in [0.5, 0.6) is 0 Å². The zero-order chi connectivity index (χ0) is 18.4. The van der Waals surface area contributed by atoms with Crippen molar-refractivity contribution in [1.29, 1.82) is 0 Å². The highest BCUT2D eigenvalue weighted by atomic mass is 32.1. The maximum Gasteiger partial charge on any atom is 0.251 e. The van der Waals surface area contributed by atoms with Crippen LogP contribution in [0, 0.1) is 6.92 Å². The molecule has 0 spiro atoms. The van der Waals surface area contributed by atoms with Crippen molar-refractivity contribution in [2.75, 3.05) is 18.9 Å². The highest BCUT2D eigenvalue weighted by Gasteiger charge is 2.16. The molecule has 0 aliphatic carbocycles. The van der Waals surface area contributed by atoms with Crippen LogP contribution in [-0.4, -0.2) is 36.3 Å². The molecule has 0 bridgehead atoms. The normalized spacial score (nSPS) is 11.0. The molecule has 0 atom stereocenters. The van der Waals surface area contributed by atoms with E-state index in [0.717, 1.165) is 6.54 Å². The first-order chi connectivity index (χ1) is 11.9. The lowest BCUT2D eigenvalue weighted by Crippen LogP contribution is -2.37. The largest absolute Gasteiger partial charge is 0.355 e. The summed E-state index contributed by atoms with van der Waals surface area (Å²) in [5.74, 6) is -0.203. The van der Waals surface area contributed by atoms with Gasteiger partial charge < -0.3 is 10.6 Å². The van der Waals surface area contributed by atoms with E-state index >= 15 is 0 Å². The molecular formula is C19H25N3O2S. The lowest BCUT2D eigenvalue weighted by atomic mass is 10.2. The van der Waals surface area contributed by atoms with Crippen LogP contribution in [-0.2, 0) is 11.3 Å². The zero-order valence-electron chi connectivity index (χ0n) is 15.1. The van der Waals surface area contributed by atoms with Gasteiger partial charge >= 0.3 is 0 Å². The number of carbonyl (C=O) groups excluding carboxylic acids is 2. The highest BCUT2D eigenvalue weighted by molar-refractivity contribution is 7.10. The van der Waals surface area contributed by atoms with Gasteiger partial charge in [-0.25, -0.2) is 0 Å². The van der Waals surface area contributed by atoms with Crippen molar-refractivity contribution >= 4 is 28.8 Å². The second kappa shape index (κ2) is 8.78. The predicted molar refractivity (Wildman–Crippen MR) is 103 cm³/mol. The summed E-state index contributed by atoms with van der Waals surface area (Å²) in [6, 6.07) is 9.25. The summed E-state index contributed by atoms with van der Waals surface area (Å²) in [6.07, 6.45) is 0. The molecule has 1 aromatic heterocycles. The summed E-state index contributed by atoms with van der Waals surface area (Å²) in [5.41, 5.74) is 2.52. The van der Waals surface area contributed by atoms with Crippen molar-refractivity contribution < 1.29 is 9.59 Å². The molecule has 0 aliphatic heterocycles. The maximum atomic E-state index is 12.4. The molecule has 5 nitrogen and oxygen atoms in total. The first-order valence-corrected chi connectivity index (χ1v) is 9.17. The predicted octanol–water partition coefficient (Wildman–Crippen LogP) is 3.27. The Bertz CT molecular complexity index is 723. The topological polar surface area (TPSA) is 61.4 Å². The molecule has 0 fully saturated rings. The number of benzene rings is 1. The van der Waals surface area contributed by atoms with E-state index in [9.17, 15) is 9.59 Å². The average molecular weight is 359 g/mol. The van der Waals surface area contributed by atoms with E-state index in [4.69, 9.17) is 0 Å². The van der Waals surface area contributed by atoms with Crippen molar-refractivity contribution in [1.82, 2.24) is 10.2 Å². The van der Waals surface area contributed by atoms with E-state index in [1.165, 1.54) is 10.4 Å². The molecule has 134 valence electrons. The van der Waals surface area contributed by atoms with Crippen molar-refractivity contribution in [2.45, 2.75) is 33.4 Å². The van der Waals surface area contributed by atoms with Gasteiger partial charge in [0.15, 0.2) is 0 Å². The van der Waals surface area contributed by atoms with Gasteiger partial charge in [-0.1, -0.05) is 0 Å². The van der Waals surface area contributed by atoms with Gasteiger partial charge in [0.1, 0.15) is 0 Å². The Labute approximate surface area is 153 Å². The van der Waals surface area contributed by atoms with Crippen LogP contribution in [0.4, 0.5) is 5.69 Å². The van der Waals surface area contributed by atoms with Crippen LogP contribution in [0.15, 0.2) is 35.7 Å². The van der Waals surface area contributed by atoms with Crippen LogP contribution in [0.1, 0.15) is 34.6 Å². The van der Waals surface area contributed by atoms with Gasteiger partial charge in [-0.3, -0.25) is 14.5 Å². The quantitative estimate of drug-likeness (QED) is 0.798. The molecular weight excluding hydrogens is 334 g/mol. The Morgan fingerprint density at radius 3 is 2.36 bits per heavy atom. The molecule has 25 heavy (non-hydrogen) atoms. The van der Waals surface area contributed by atoms with Gasteiger partial charge in [-0.15, -0.1) is 11.3 Å². The number of rotatable bonds is 7. The Kier molecular flexibility index (Phi) is 6.73. The number of carbonyl (C=O) groups is 2. The number of anilines is 1. The summed E-state index contributed by atoms with van der Waals surface area (Å²) in [5, 5.41) is 7.55. The minimum Gasteiger partial charge on any atom is -0.355 e. The fourth-order valence-corrected chi connectivity index (χ4v) is 3.34. The molecule has 0 saturated carbocycles. The third kappa shape index (κ3) is 5.41. The van der Waals surface area contributed by atoms with Gasteiger partial charge in [0.2, 0.25) is 5.91 Å². The van der Waals surface area contributed by atoms with Crippen molar-refractivity contribution in [3.8, 4) is 0 Å². The molecule has 1 heterocycles. The van der Waals surface area contributed by atoms with Crippen LogP contribution in [0.2, 0.25) is 0 Å². The minimum absolute atomic E-state index is 0.0596. The molecule has 0 unspecified atom stereocenters. The summed E-state index contributed by atoms with van der Waals surface area (Å²) in [6.45, 7) is 7.37. The number of amides is 2. The Hall–Kier alpha value is -2.18. The second-order valence-corrected chi connectivity index (χ2v) is 7.23. The van der Waals surface area contributed by atoms with Gasteiger partial charge in [-0.05, 0) is 62.0 Å². The average Bonchev–Trinajstić information content (AvgIpc) is 2.99. The zero-order valence-corrected chi connectivity index (χ0v) is 15.9. The third-order valence-electron chi connectivity index (χ3n) is 4.05. The van der Waals surface area contributed by atoms with E-state index in [-0.39, 0.29) is 17.9 Å². The van der Waals surface area contributed by atoms with Gasteiger partial charge in [0.25, 0.3) is 5.91 Å². The fraction of sp³-hybridized carbons (Fsp3) is 0.368. The van der Waals surface area contributed by atoms with E-state index in [2.05, 4.69) is 47.8 Å². The molecule has 6 heteroatoms. The summed E-state index contributed by atoms with van der Waals surface area (Å²) < 4.78 is 0. The third-order valence-corrected chi connectivity index (χ3v) is 5.06. The van der Waals surface area contributed by atoms with Gasteiger partial charge in [-0.2, -0.15) is 0 Å². The van der Waals surface area contributed by atoms with Crippen LogP contribution < -0.4 is 10.6 Å². The van der Waals surface area contributed by atoms with E-state index in [1.54, 1.807) is 42.6 Å². The molecule has 2 aromatic rings. The van der Waals surface area contributed by atoms with Gasteiger partial charge in [0, 0.05) is 35.8 Å². The number of hydrogen-bond acceptors (Lipinski definition) is 4. The van der Waals surface area contributed by atoms with E-state index < -0.39 is 0 Å². The van der Waals surface area contributed by atoms with Gasteiger partial charge in [0.05, 0.1) is 6.54 Å². The minimum atomic E-state index is -0.143. The van der Waals surface area contributed by atoms with E-state index in [0.29, 0.717) is 17.8 Å². The maximum absolute atomic E-state index is 12.4. The summed E-state index contributed by atoms with van der Waals surface area (Å²) in [4.78, 5) is 27.4. The number of aryl methyl sites for hydroxylation is 1. The van der Waals surface area contributed by atoms with Crippen molar-refractivity contribution in [3.63, 3.8) is 0 Å². The van der Waals surface area contributed by atoms with Crippen molar-refractivity contribution in [3.05, 3.63) is 51.7 Å². The molecule has 2 N–H and O–H groups in total. The summed E-state index contributed by atoms with van der Waals surface area (Å²) in [7, 11) is 1.59. The van der Waals surface area contributed by atoms with Crippen LogP contribution >= 0.6 is 11.3 Å². The molecule has 0 radical (unpaired) electrons. The second-order valence-electron chi connectivity index (χ2n) is 6.23. The van der Waals surface area contributed by atoms with Crippen LogP contribution in [0.25, 0.3) is 0 Å². The number of hydrogen-bond donors (Lipinski definition) is 2. The molecule has 2 rings (SSSR count). The number of nitrogens with zero attached hydrogens (tertiary/aromatic N) is 1. The Morgan fingerprint density at radius 2 is 1.84 bits per heavy atom. The summed E-state index contributed by atoms with van der Waals surface area (Å²) >= 11 is 1.72. The highest BCUT2D eigenvalue weighted by Crippen LogP contribution is 2.19. The number of thiophene rings is 1. The lowest BCUT2D eigenvalue weighted by Gasteiger charge is -2.25. The Morgan fingerprint density at radius 1 is 1.16 bits per heavy atom. The monoisotopic (exact) mass is 359 g/mol. The molecule has 0 saturated heterocycles. The molecule has 2 amide bonds. The SMILES string of the molecule is CNC(=O)c1ccc(NC(=O)CN(Cc2sccc2C)C(C)C)cc1. The lowest BCUT2D eigenvalue weighted by molar-refractivity contribution is -0.117. The Balaban J connectivity index is 1.97. The first kappa shape index (κ1) is 19.1. The number of nitrogens with one attached hydrogen (secondary N) is 2. The first-order valence-electron chi connectivity index (χ1n) is 8.29. The molecule has 1 aromatic carbocycles.